The number of unbranched alkanes of at least 4 members (excludes halogenated alkanes) is 20. The lowest BCUT2D eigenvalue weighted by Gasteiger charge is -2.34. The fraction of sp³-hybridized carbons (Fsp3) is 0.841. The van der Waals surface area contributed by atoms with Crippen molar-refractivity contribution in [3.05, 3.63) is 24.3 Å². The molecule has 0 bridgehead atoms. The van der Waals surface area contributed by atoms with Gasteiger partial charge >= 0.3 is 11.9 Å². The van der Waals surface area contributed by atoms with Crippen LogP contribution in [0.3, 0.4) is 0 Å². The number of ether oxygens (including phenoxy) is 3. The number of carboxylic acid groups (broad SMARTS) is 1. The van der Waals surface area contributed by atoms with Crippen molar-refractivity contribution in [1.29, 1.82) is 0 Å². The molecule has 0 aliphatic carbocycles. The fourth-order valence-corrected chi connectivity index (χ4v) is 6.22. The predicted molar refractivity (Wildman–Crippen MR) is 213 cm³/mol. The number of hydrogen-bond acceptors (Lipinski definition) is 7. The number of nitrogens with zero attached hydrogens (tertiary/aromatic N) is 1. The summed E-state index contributed by atoms with van der Waals surface area (Å²) >= 11 is 0. The quantitative estimate of drug-likeness (QED) is 0.0269. The Bertz CT molecular complexity index is 911. The van der Waals surface area contributed by atoms with Gasteiger partial charge in [-0.2, -0.15) is 0 Å². The molecule has 0 saturated carbocycles. The van der Waals surface area contributed by atoms with Crippen molar-refractivity contribution < 1.29 is 38.2 Å². The van der Waals surface area contributed by atoms with E-state index < -0.39 is 18.1 Å². The maximum absolute atomic E-state index is 12.7. The minimum atomic E-state index is -1.13. The smallest absolute Gasteiger partial charge is 0.306 e. The minimum Gasteiger partial charge on any atom is -0.544 e. The van der Waals surface area contributed by atoms with Gasteiger partial charge in [0, 0.05) is 19.3 Å². The maximum atomic E-state index is 12.7. The van der Waals surface area contributed by atoms with E-state index in [2.05, 4.69) is 38.2 Å². The molecule has 8 heteroatoms. The molecule has 2 atom stereocenters. The average molecular weight is 736 g/mol. The summed E-state index contributed by atoms with van der Waals surface area (Å²) in [5, 5.41) is 11.6. The second-order valence-electron chi connectivity index (χ2n) is 15.6. The van der Waals surface area contributed by atoms with Crippen LogP contribution in [-0.4, -0.2) is 75.5 Å². The lowest BCUT2D eigenvalue weighted by Crippen LogP contribution is -2.55. The van der Waals surface area contributed by atoms with E-state index >= 15 is 0 Å². The number of esters is 2. The number of likely N-dealkylation sites (N-methyl/N-ethyl adjacent to an activating group) is 1. The Balaban J connectivity index is 4.29. The number of rotatable bonds is 38. The molecule has 304 valence electrons. The second kappa shape index (κ2) is 35.8. The Labute approximate surface area is 320 Å². The molecule has 0 fully saturated rings. The monoisotopic (exact) mass is 736 g/mol. The highest BCUT2D eigenvalue weighted by Crippen LogP contribution is 2.14. The third-order valence-electron chi connectivity index (χ3n) is 9.59. The van der Waals surface area contributed by atoms with Gasteiger partial charge < -0.3 is 28.6 Å². The van der Waals surface area contributed by atoms with Crippen molar-refractivity contribution in [2.24, 2.45) is 0 Å². The Morgan fingerprint density at radius 3 is 1.52 bits per heavy atom. The Hall–Kier alpha value is -2.19. The van der Waals surface area contributed by atoms with Crippen LogP contribution in [0.2, 0.25) is 0 Å². The molecular weight excluding hydrogens is 654 g/mol. The molecule has 0 N–H and O–H groups in total. The van der Waals surface area contributed by atoms with Gasteiger partial charge in [-0.1, -0.05) is 147 Å². The molecule has 0 saturated heterocycles. The Morgan fingerprint density at radius 2 is 1.02 bits per heavy atom. The molecule has 0 aromatic rings. The molecule has 52 heavy (non-hydrogen) atoms. The van der Waals surface area contributed by atoms with Crippen LogP contribution in [0, 0.1) is 0 Å². The minimum absolute atomic E-state index is 0.0424. The molecule has 0 rings (SSSR count). The highest BCUT2D eigenvalue weighted by atomic mass is 16.6. The van der Waals surface area contributed by atoms with Crippen LogP contribution >= 0.6 is 0 Å². The van der Waals surface area contributed by atoms with Crippen molar-refractivity contribution in [2.75, 3.05) is 41.0 Å². The molecule has 0 aliphatic heterocycles. The summed E-state index contributed by atoms with van der Waals surface area (Å²) in [4.78, 5) is 36.7. The molecule has 0 aromatic carbocycles. The number of carbonyl (C=O) groups is 3. The van der Waals surface area contributed by atoms with Crippen LogP contribution in [0.15, 0.2) is 24.3 Å². The van der Waals surface area contributed by atoms with Gasteiger partial charge in [-0.3, -0.25) is 9.59 Å². The molecular formula is C44H81NO7. The largest absolute Gasteiger partial charge is 0.544 e. The number of carbonyl (C=O) groups excluding carboxylic acids is 3. The van der Waals surface area contributed by atoms with Crippen molar-refractivity contribution in [3.63, 3.8) is 0 Å². The number of aliphatic carboxylic acids is 1. The normalized spacial score (nSPS) is 13.2. The summed E-state index contributed by atoms with van der Waals surface area (Å²) in [6, 6.07) is -0.722. The van der Waals surface area contributed by atoms with Crippen LogP contribution < -0.4 is 5.11 Å². The molecule has 2 unspecified atom stereocenters. The first-order valence-electron chi connectivity index (χ1n) is 21.4. The molecule has 0 aliphatic rings. The highest BCUT2D eigenvalue weighted by Gasteiger charge is 2.25. The average Bonchev–Trinajstić information content (AvgIpc) is 3.09. The van der Waals surface area contributed by atoms with E-state index in [4.69, 9.17) is 14.2 Å². The topological polar surface area (TPSA) is 102 Å². The van der Waals surface area contributed by atoms with Gasteiger partial charge in [-0.05, 0) is 44.9 Å². The lowest BCUT2D eigenvalue weighted by molar-refractivity contribution is -0.889. The van der Waals surface area contributed by atoms with Crippen molar-refractivity contribution in [2.45, 2.75) is 199 Å². The van der Waals surface area contributed by atoms with Gasteiger partial charge in [-0.25, -0.2) is 0 Å². The zero-order chi connectivity index (χ0) is 38.5. The number of hydrogen-bond donors (Lipinski definition) is 0. The van der Waals surface area contributed by atoms with Gasteiger partial charge in [0.2, 0.25) is 0 Å². The maximum Gasteiger partial charge on any atom is 0.306 e. The van der Waals surface area contributed by atoms with Crippen LogP contribution in [-0.2, 0) is 28.6 Å². The first-order valence-corrected chi connectivity index (χ1v) is 21.4. The predicted octanol–water partition coefficient (Wildman–Crippen LogP) is 9.97. The van der Waals surface area contributed by atoms with Gasteiger partial charge in [0.05, 0.1) is 40.3 Å². The number of allylic oxidation sites excluding steroid dienone is 4. The molecule has 0 amide bonds. The van der Waals surface area contributed by atoms with Gasteiger partial charge in [0.1, 0.15) is 12.6 Å². The van der Waals surface area contributed by atoms with Crippen LogP contribution in [0.4, 0.5) is 0 Å². The summed E-state index contributed by atoms with van der Waals surface area (Å²) in [7, 11) is 5.40. The van der Waals surface area contributed by atoms with E-state index in [1.165, 1.54) is 109 Å². The van der Waals surface area contributed by atoms with Crippen molar-refractivity contribution in [3.8, 4) is 0 Å². The summed E-state index contributed by atoms with van der Waals surface area (Å²) in [5.74, 6) is -1.74. The third kappa shape index (κ3) is 33.6. The summed E-state index contributed by atoms with van der Waals surface area (Å²) in [6.45, 7) is 4.62. The first kappa shape index (κ1) is 49.8. The van der Waals surface area contributed by atoms with Crippen LogP contribution in [0.5, 0.6) is 0 Å². The Kier molecular flexibility index (Phi) is 34.3. The summed E-state index contributed by atoms with van der Waals surface area (Å²) in [6.07, 6.45) is 37.7. The molecule has 0 radical (unpaired) electrons. The van der Waals surface area contributed by atoms with Crippen molar-refractivity contribution in [1.82, 2.24) is 0 Å². The number of quaternary nitrogens is 1. The van der Waals surface area contributed by atoms with E-state index in [1.54, 1.807) is 21.1 Å². The Morgan fingerprint density at radius 1 is 0.577 bits per heavy atom. The zero-order valence-electron chi connectivity index (χ0n) is 34.5. The molecule has 0 aromatic heterocycles. The number of carboxylic acids is 1. The molecule has 0 heterocycles. The first-order chi connectivity index (χ1) is 25.1. The van der Waals surface area contributed by atoms with Crippen LogP contribution in [0.1, 0.15) is 187 Å². The van der Waals surface area contributed by atoms with Gasteiger partial charge in [0.25, 0.3) is 0 Å². The van der Waals surface area contributed by atoms with Gasteiger partial charge in [0.15, 0.2) is 6.10 Å². The van der Waals surface area contributed by atoms with Crippen molar-refractivity contribution >= 4 is 17.9 Å². The van der Waals surface area contributed by atoms with E-state index in [1.807, 2.05) is 0 Å². The molecule has 0 spiro atoms. The van der Waals surface area contributed by atoms with E-state index in [0.29, 0.717) is 12.8 Å². The van der Waals surface area contributed by atoms with E-state index in [9.17, 15) is 19.5 Å². The third-order valence-corrected chi connectivity index (χ3v) is 9.59. The second-order valence-corrected chi connectivity index (χ2v) is 15.6. The van der Waals surface area contributed by atoms with Crippen LogP contribution in [0.25, 0.3) is 0 Å². The molecule has 8 nitrogen and oxygen atoms in total. The summed E-state index contributed by atoms with van der Waals surface area (Å²) < 4.78 is 17.1. The lowest BCUT2D eigenvalue weighted by atomic mass is 10.1. The summed E-state index contributed by atoms with van der Waals surface area (Å²) in [5.41, 5.74) is 0. The van der Waals surface area contributed by atoms with E-state index in [0.717, 1.165) is 44.9 Å². The standard InChI is InChI=1S/C44H81NO7/c1-6-8-10-12-14-16-17-18-19-20-21-22-23-24-25-27-29-31-33-35-43(47)52-40(38-50-37-36-41(44(48)49)45(3,4)5)39-51-42(46)34-32-30-28-26-15-13-11-9-7-2/h14,16,18-19,40-41H,6-13,15,17,20-39H2,1-5H3/b16-14-,19-18-. The fourth-order valence-electron chi connectivity index (χ4n) is 6.22. The SMILES string of the molecule is CCCCC/C=C\C/C=C\CCCCCCCCCCCC(=O)OC(COCCC(C(=O)[O-])[N+](C)(C)C)COC(=O)CCCCCCCCCCC. The zero-order valence-corrected chi connectivity index (χ0v) is 34.5. The van der Waals surface area contributed by atoms with E-state index in [-0.39, 0.29) is 42.7 Å². The van der Waals surface area contributed by atoms with Gasteiger partial charge in [-0.15, -0.1) is 0 Å². The highest BCUT2D eigenvalue weighted by molar-refractivity contribution is 5.70.